The molecule has 0 amide bonds. The molecule has 1 heterocycles. The Morgan fingerprint density at radius 1 is 1.37 bits per heavy atom. The van der Waals surface area contributed by atoms with Gasteiger partial charge in [0.25, 0.3) is 0 Å². The Bertz CT molecular complexity index is 415. The molecule has 0 radical (unpaired) electrons. The fourth-order valence-electron chi connectivity index (χ4n) is 2.70. The summed E-state index contributed by atoms with van der Waals surface area (Å²) in [7, 11) is 0. The van der Waals surface area contributed by atoms with E-state index in [1.165, 1.54) is 24.2 Å². The minimum absolute atomic E-state index is 0.254. The van der Waals surface area contributed by atoms with Crippen LogP contribution in [-0.4, -0.2) is 36.6 Å². The fraction of sp³-hybridized carbons (Fsp3) is 0.562. The zero-order valence-electron chi connectivity index (χ0n) is 11.9. The molecule has 0 saturated carbocycles. The highest BCUT2D eigenvalue weighted by molar-refractivity contribution is 7.98. The van der Waals surface area contributed by atoms with Crippen molar-refractivity contribution in [2.24, 2.45) is 5.92 Å². The van der Waals surface area contributed by atoms with Crippen LogP contribution in [0.4, 0.5) is 0 Å². The quantitative estimate of drug-likeness (QED) is 0.604. The Hall–Kier alpha value is -0.800. The van der Waals surface area contributed by atoms with Crippen LogP contribution in [0, 0.1) is 5.92 Å². The summed E-state index contributed by atoms with van der Waals surface area (Å²) in [5.41, 5.74) is 0.844. The number of hydrogen-bond acceptors (Lipinski definition) is 3. The lowest BCUT2D eigenvalue weighted by atomic mass is 9.95. The first kappa shape index (κ1) is 14.6. The maximum atomic E-state index is 12.3. The van der Waals surface area contributed by atoms with Gasteiger partial charge in [0.15, 0.2) is 5.78 Å². The Balaban J connectivity index is 1.92. The third-order valence-electron chi connectivity index (χ3n) is 3.96. The van der Waals surface area contributed by atoms with E-state index in [-0.39, 0.29) is 5.78 Å². The third-order valence-corrected chi connectivity index (χ3v) is 4.70. The Morgan fingerprint density at radius 2 is 2.11 bits per heavy atom. The van der Waals surface area contributed by atoms with Gasteiger partial charge in [0.05, 0.1) is 6.54 Å². The average molecular weight is 277 g/mol. The summed E-state index contributed by atoms with van der Waals surface area (Å²) in [4.78, 5) is 15.8. The number of carbonyl (C=O) groups is 1. The van der Waals surface area contributed by atoms with E-state index in [1.807, 2.05) is 24.3 Å². The Morgan fingerprint density at radius 3 is 2.74 bits per heavy atom. The second-order valence-corrected chi connectivity index (χ2v) is 6.18. The number of carbonyl (C=O) groups excluding carboxylic acids is 1. The summed E-state index contributed by atoms with van der Waals surface area (Å²) in [6.45, 7) is 4.99. The topological polar surface area (TPSA) is 20.3 Å². The van der Waals surface area contributed by atoms with Crippen molar-refractivity contribution in [1.82, 2.24) is 4.90 Å². The van der Waals surface area contributed by atoms with Crippen molar-refractivity contribution in [3.8, 4) is 0 Å². The zero-order chi connectivity index (χ0) is 13.7. The molecule has 104 valence electrons. The summed E-state index contributed by atoms with van der Waals surface area (Å²) < 4.78 is 0. The van der Waals surface area contributed by atoms with Crippen LogP contribution in [0.2, 0.25) is 0 Å². The summed E-state index contributed by atoms with van der Waals surface area (Å²) in [5.74, 6) is 1.03. The van der Waals surface area contributed by atoms with E-state index in [1.54, 1.807) is 11.8 Å². The van der Waals surface area contributed by atoms with Crippen LogP contribution >= 0.6 is 11.8 Å². The highest BCUT2D eigenvalue weighted by Gasteiger charge is 2.20. The number of Topliss-reactive ketones (excluding diaryl/α,β-unsaturated/α-hetero) is 1. The minimum atomic E-state index is 0.254. The van der Waals surface area contributed by atoms with Crippen LogP contribution in [0.25, 0.3) is 0 Å². The summed E-state index contributed by atoms with van der Waals surface area (Å²) in [6, 6.07) is 7.97. The molecule has 1 unspecified atom stereocenters. The number of ketones is 1. The van der Waals surface area contributed by atoms with Crippen LogP contribution in [-0.2, 0) is 0 Å². The first-order valence-electron chi connectivity index (χ1n) is 7.12. The molecule has 1 aromatic carbocycles. The lowest BCUT2D eigenvalue weighted by molar-refractivity contribution is 0.0884. The van der Waals surface area contributed by atoms with Gasteiger partial charge in [0, 0.05) is 17.0 Å². The molecule has 0 aliphatic carbocycles. The standard InChI is InChI=1S/C16H23NOS/c1-3-13-5-4-10-17(11-13)12-16(18)14-6-8-15(19-2)9-7-14/h6-9,13H,3-5,10-12H2,1-2H3. The predicted molar refractivity (Wildman–Crippen MR) is 82.0 cm³/mol. The third kappa shape index (κ3) is 4.08. The minimum Gasteiger partial charge on any atom is -0.296 e. The maximum Gasteiger partial charge on any atom is 0.176 e. The van der Waals surface area contributed by atoms with E-state index in [2.05, 4.69) is 18.1 Å². The summed E-state index contributed by atoms with van der Waals surface area (Å²) in [5, 5.41) is 0. The predicted octanol–water partition coefficient (Wildman–Crippen LogP) is 3.71. The van der Waals surface area contributed by atoms with E-state index >= 15 is 0 Å². The van der Waals surface area contributed by atoms with E-state index in [0.29, 0.717) is 6.54 Å². The number of hydrogen-bond donors (Lipinski definition) is 0. The van der Waals surface area contributed by atoms with Crippen molar-refractivity contribution in [2.75, 3.05) is 25.9 Å². The molecular weight excluding hydrogens is 254 g/mol. The van der Waals surface area contributed by atoms with Gasteiger partial charge in [-0.15, -0.1) is 11.8 Å². The van der Waals surface area contributed by atoms with Crippen LogP contribution in [0.1, 0.15) is 36.5 Å². The molecule has 2 rings (SSSR count). The van der Waals surface area contributed by atoms with E-state index in [4.69, 9.17) is 0 Å². The van der Waals surface area contributed by atoms with Gasteiger partial charge in [-0.2, -0.15) is 0 Å². The van der Waals surface area contributed by atoms with E-state index in [9.17, 15) is 4.79 Å². The number of piperidine rings is 1. The molecule has 1 aliphatic rings. The molecule has 1 aliphatic heterocycles. The van der Waals surface area contributed by atoms with Crippen LogP contribution in [0.3, 0.4) is 0 Å². The monoisotopic (exact) mass is 277 g/mol. The van der Waals surface area contributed by atoms with Crippen LogP contribution in [0.15, 0.2) is 29.2 Å². The molecule has 19 heavy (non-hydrogen) atoms. The molecule has 1 atom stereocenters. The largest absolute Gasteiger partial charge is 0.296 e. The number of rotatable bonds is 5. The average Bonchev–Trinajstić information content (AvgIpc) is 2.47. The molecule has 1 fully saturated rings. The van der Waals surface area contributed by atoms with Crippen molar-refractivity contribution in [2.45, 2.75) is 31.1 Å². The molecule has 1 aromatic rings. The van der Waals surface area contributed by atoms with Crippen molar-refractivity contribution in [3.63, 3.8) is 0 Å². The van der Waals surface area contributed by atoms with Gasteiger partial charge in [-0.1, -0.05) is 25.5 Å². The van der Waals surface area contributed by atoms with Crippen LogP contribution < -0.4 is 0 Å². The molecule has 2 nitrogen and oxygen atoms in total. The summed E-state index contributed by atoms with van der Waals surface area (Å²) in [6.07, 6.45) is 5.84. The zero-order valence-corrected chi connectivity index (χ0v) is 12.7. The smallest absolute Gasteiger partial charge is 0.176 e. The van der Waals surface area contributed by atoms with Gasteiger partial charge in [-0.25, -0.2) is 0 Å². The number of likely N-dealkylation sites (tertiary alicyclic amines) is 1. The molecule has 3 heteroatoms. The Labute approximate surface area is 120 Å². The molecule has 0 N–H and O–H groups in total. The number of nitrogens with zero attached hydrogens (tertiary/aromatic N) is 1. The second-order valence-electron chi connectivity index (χ2n) is 5.30. The molecule has 0 spiro atoms. The van der Waals surface area contributed by atoms with Gasteiger partial charge in [-0.05, 0) is 43.7 Å². The first-order chi connectivity index (χ1) is 9.22. The molecule has 0 aromatic heterocycles. The van der Waals surface area contributed by atoms with Gasteiger partial charge in [-0.3, -0.25) is 9.69 Å². The highest BCUT2D eigenvalue weighted by Crippen LogP contribution is 2.20. The van der Waals surface area contributed by atoms with Crippen molar-refractivity contribution in [3.05, 3.63) is 29.8 Å². The number of thioether (sulfide) groups is 1. The van der Waals surface area contributed by atoms with Gasteiger partial charge in [0.1, 0.15) is 0 Å². The fourth-order valence-corrected chi connectivity index (χ4v) is 3.11. The molecule has 1 saturated heterocycles. The van der Waals surface area contributed by atoms with E-state index < -0.39 is 0 Å². The Kier molecular flexibility index (Phi) is 5.46. The van der Waals surface area contributed by atoms with Crippen molar-refractivity contribution in [1.29, 1.82) is 0 Å². The van der Waals surface area contributed by atoms with Crippen LogP contribution in [0.5, 0.6) is 0 Å². The van der Waals surface area contributed by atoms with E-state index in [0.717, 1.165) is 24.6 Å². The van der Waals surface area contributed by atoms with Crippen molar-refractivity contribution >= 4 is 17.5 Å². The second kappa shape index (κ2) is 7.11. The molecular formula is C16H23NOS. The van der Waals surface area contributed by atoms with Gasteiger partial charge in [0.2, 0.25) is 0 Å². The SMILES string of the molecule is CCC1CCCN(CC(=O)c2ccc(SC)cc2)C1. The normalized spacial score (nSPS) is 20.4. The van der Waals surface area contributed by atoms with Crippen molar-refractivity contribution < 1.29 is 4.79 Å². The lowest BCUT2D eigenvalue weighted by Crippen LogP contribution is -2.38. The first-order valence-corrected chi connectivity index (χ1v) is 8.35. The molecule has 0 bridgehead atoms. The highest BCUT2D eigenvalue weighted by atomic mass is 32.2. The lowest BCUT2D eigenvalue weighted by Gasteiger charge is -2.31. The van der Waals surface area contributed by atoms with Gasteiger partial charge >= 0.3 is 0 Å². The number of benzene rings is 1. The maximum absolute atomic E-state index is 12.3. The summed E-state index contributed by atoms with van der Waals surface area (Å²) >= 11 is 1.71. The van der Waals surface area contributed by atoms with Gasteiger partial charge < -0.3 is 0 Å².